The molecule has 0 aliphatic carbocycles. The highest BCUT2D eigenvalue weighted by molar-refractivity contribution is 5.71. The van der Waals surface area contributed by atoms with Crippen molar-refractivity contribution < 1.29 is 28.6 Å². The summed E-state index contributed by atoms with van der Waals surface area (Å²) in [5, 5.41) is 0. The molecular formula is C61H108O6. The van der Waals surface area contributed by atoms with Crippen LogP contribution >= 0.6 is 0 Å². The first-order valence-corrected chi connectivity index (χ1v) is 28.8. The molecule has 388 valence electrons. The van der Waals surface area contributed by atoms with Gasteiger partial charge < -0.3 is 14.2 Å². The second-order valence-electron chi connectivity index (χ2n) is 19.2. The number of hydrogen-bond donors (Lipinski definition) is 0. The highest BCUT2D eigenvalue weighted by Crippen LogP contribution is 2.16. The van der Waals surface area contributed by atoms with Crippen molar-refractivity contribution in [3.63, 3.8) is 0 Å². The van der Waals surface area contributed by atoms with Gasteiger partial charge in [-0.1, -0.05) is 242 Å². The van der Waals surface area contributed by atoms with E-state index in [-0.39, 0.29) is 31.1 Å². The molecule has 0 radical (unpaired) electrons. The summed E-state index contributed by atoms with van der Waals surface area (Å²) < 4.78 is 16.8. The Hall–Kier alpha value is -2.89. The maximum atomic E-state index is 12.8. The molecule has 6 heteroatoms. The van der Waals surface area contributed by atoms with Crippen LogP contribution < -0.4 is 0 Å². The summed E-state index contributed by atoms with van der Waals surface area (Å²) in [4.78, 5) is 38.1. The number of carbonyl (C=O) groups excluding carboxylic acids is 3. The molecule has 0 fully saturated rings. The van der Waals surface area contributed by atoms with Crippen LogP contribution in [0.15, 0.2) is 60.8 Å². The van der Waals surface area contributed by atoms with E-state index >= 15 is 0 Å². The van der Waals surface area contributed by atoms with Crippen molar-refractivity contribution in [2.45, 2.75) is 297 Å². The lowest BCUT2D eigenvalue weighted by atomic mass is 10.0. The van der Waals surface area contributed by atoms with Crippen molar-refractivity contribution in [1.82, 2.24) is 0 Å². The largest absolute Gasteiger partial charge is 0.462 e. The molecule has 0 saturated carbocycles. The fourth-order valence-electron chi connectivity index (χ4n) is 8.13. The van der Waals surface area contributed by atoms with Crippen molar-refractivity contribution >= 4 is 17.9 Å². The first-order valence-electron chi connectivity index (χ1n) is 28.8. The smallest absolute Gasteiger partial charge is 0.306 e. The monoisotopic (exact) mass is 937 g/mol. The molecule has 0 spiro atoms. The van der Waals surface area contributed by atoms with Gasteiger partial charge in [-0.3, -0.25) is 14.4 Å². The molecule has 0 aliphatic heterocycles. The minimum absolute atomic E-state index is 0.0836. The van der Waals surface area contributed by atoms with Crippen LogP contribution in [0.5, 0.6) is 0 Å². The molecule has 0 aliphatic rings. The summed E-state index contributed by atoms with van der Waals surface area (Å²) in [6, 6.07) is 0. The quantitative estimate of drug-likeness (QED) is 0.0262. The van der Waals surface area contributed by atoms with Crippen LogP contribution in [-0.4, -0.2) is 37.2 Å². The van der Waals surface area contributed by atoms with E-state index in [1.807, 2.05) is 0 Å². The summed E-state index contributed by atoms with van der Waals surface area (Å²) in [6.45, 7) is 6.60. The van der Waals surface area contributed by atoms with Crippen LogP contribution in [0.3, 0.4) is 0 Å². The summed E-state index contributed by atoms with van der Waals surface area (Å²) >= 11 is 0. The molecule has 0 unspecified atom stereocenters. The molecule has 0 N–H and O–H groups in total. The van der Waals surface area contributed by atoms with Crippen molar-refractivity contribution in [2.24, 2.45) is 0 Å². The highest BCUT2D eigenvalue weighted by atomic mass is 16.6. The summed E-state index contributed by atoms with van der Waals surface area (Å²) in [7, 11) is 0. The second-order valence-corrected chi connectivity index (χ2v) is 19.2. The fourth-order valence-corrected chi connectivity index (χ4v) is 8.13. The van der Waals surface area contributed by atoms with E-state index in [9.17, 15) is 14.4 Å². The maximum absolute atomic E-state index is 12.8. The van der Waals surface area contributed by atoms with Crippen LogP contribution in [0, 0.1) is 0 Å². The fraction of sp³-hybridized carbons (Fsp3) is 0.787. The van der Waals surface area contributed by atoms with E-state index in [4.69, 9.17) is 14.2 Å². The summed E-state index contributed by atoms with van der Waals surface area (Å²) in [5.74, 6) is -0.908. The molecule has 0 aromatic rings. The molecule has 0 saturated heterocycles. The Balaban J connectivity index is 4.42. The van der Waals surface area contributed by atoms with Gasteiger partial charge in [-0.05, 0) is 89.9 Å². The number of unbranched alkanes of at least 4 members (excludes halogenated alkanes) is 31. The minimum atomic E-state index is -0.788. The molecule has 6 nitrogen and oxygen atoms in total. The zero-order valence-electron chi connectivity index (χ0n) is 44.4. The van der Waals surface area contributed by atoms with Gasteiger partial charge >= 0.3 is 17.9 Å². The molecule has 0 bridgehead atoms. The molecule has 0 aromatic carbocycles. The highest BCUT2D eigenvalue weighted by Gasteiger charge is 2.19. The van der Waals surface area contributed by atoms with Crippen LogP contribution in [0.2, 0.25) is 0 Å². The molecule has 67 heavy (non-hydrogen) atoms. The van der Waals surface area contributed by atoms with Gasteiger partial charge in [0.2, 0.25) is 0 Å². The van der Waals surface area contributed by atoms with Gasteiger partial charge in [0.15, 0.2) is 6.10 Å². The SMILES string of the molecule is CCCCC/C=C/C/C=C/C/C=C/C/C=C/CCCCCC(=O)OC[C@@H](COC(=O)CCCCCCCCCCCCCCCCC)OC(=O)CCCCCCCCC/C=C/CCCCCC. The first kappa shape index (κ1) is 64.1. The molecule has 0 aromatic heterocycles. The lowest BCUT2D eigenvalue weighted by Gasteiger charge is -2.18. The summed E-state index contributed by atoms with van der Waals surface area (Å²) in [6.07, 6.45) is 69.2. The Morgan fingerprint density at radius 2 is 0.537 bits per heavy atom. The lowest BCUT2D eigenvalue weighted by molar-refractivity contribution is -0.167. The second kappa shape index (κ2) is 55.7. The molecule has 1 atom stereocenters. The average molecular weight is 938 g/mol. The van der Waals surface area contributed by atoms with Gasteiger partial charge in [0.1, 0.15) is 13.2 Å². The van der Waals surface area contributed by atoms with E-state index < -0.39 is 6.10 Å². The Labute approximate surface area is 415 Å². The van der Waals surface area contributed by atoms with Crippen molar-refractivity contribution in [3.8, 4) is 0 Å². The molecule has 0 amide bonds. The van der Waals surface area contributed by atoms with Crippen molar-refractivity contribution in [3.05, 3.63) is 60.8 Å². The molecule has 0 heterocycles. The zero-order chi connectivity index (χ0) is 48.6. The van der Waals surface area contributed by atoms with Gasteiger partial charge in [0.05, 0.1) is 0 Å². The van der Waals surface area contributed by atoms with Gasteiger partial charge in [0.25, 0.3) is 0 Å². The lowest BCUT2D eigenvalue weighted by Crippen LogP contribution is -2.30. The Morgan fingerprint density at radius 3 is 0.910 bits per heavy atom. The van der Waals surface area contributed by atoms with E-state index in [1.54, 1.807) is 0 Å². The minimum Gasteiger partial charge on any atom is -0.462 e. The molecule has 0 rings (SSSR count). The predicted molar refractivity (Wildman–Crippen MR) is 288 cm³/mol. The number of allylic oxidation sites excluding steroid dienone is 10. The van der Waals surface area contributed by atoms with E-state index in [2.05, 4.69) is 81.5 Å². The normalized spacial score (nSPS) is 12.5. The number of rotatable bonds is 52. The third-order valence-electron chi connectivity index (χ3n) is 12.5. The van der Waals surface area contributed by atoms with Gasteiger partial charge in [-0.15, -0.1) is 0 Å². The van der Waals surface area contributed by atoms with Gasteiger partial charge in [-0.25, -0.2) is 0 Å². The zero-order valence-corrected chi connectivity index (χ0v) is 44.4. The Morgan fingerprint density at radius 1 is 0.299 bits per heavy atom. The standard InChI is InChI=1S/C61H108O6/c1-4-7-10-13-16-19-22-25-28-29-30-31-34-36-39-42-45-48-51-54-60(63)66-57-58(67-61(64)55-52-49-46-43-40-37-33-27-24-21-18-15-12-9-6-3)56-65-59(62)53-50-47-44-41-38-35-32-26-23-20-17-14-11-8-5-2/h16,19,21,24-25,28,30-31,36,39,58H,4-15,17-18,20,22-23,26-27,29,32-35,37-38,40-57H2,1-3H3/b19-16+,24-21+,28-25+,31-30+,39-36+/t58-/m1/s1. The van der Waals surface area contributed by atoms with E-state index in [1.165, 1.54) is 167 Å². The van der Waals surface area contributed by atoms with Gasteiger partial charge in [-0.2, -0.15) is 0 Å². The Bertz CT molecular complexity index is 1210. The molecular weight excluding hydrogens is 829 g/mol. The van der Waals surface area contributed by atoms with Crippen LogP contribution in [-0.2, 0) is 28.6 Å². The van der Waals surface area contributed by atoms with Crippen LogP contribution in [0.1, 0.15) is 290 Å². The topological polar surface area (TPSA) is 78.9 Å². The van der Waals surface area contributed by atoms with E-state index in [0.717, 1.165) is 83.5 Å². The van der Waals surface area contributed by atoms with Gasteiger partial charge in [0, 0.05) is 19.3 Å². The number of ether oxygens (including phenoxy) is 3. The number of esters is 3. The van der Waals surface area contributed by atoms with E-state index in [0.29, 0.717) is 19.3 Å². The third kappa shape index (κ3) is 53.9. The first-order chi connectivity index (χ1) is 33.0. The van der Waals surface area contributed by atoms with Crippen LogP contribution in [0.4, 0.5) is 0 Å². The average Bonchev–Trinajstić information content (AvgIpc) is 3.33. The van der Waals surface area contributed by atoms with Crippen molar-refractivity contribution in [2.75, 3.05) is 13.2 Å². The third-order valence-corrected chi connectivity index (χ3v) is 12.5. The number of carbonyl (C=O) groups is 3. The summed E-state index contributed by atoms with van der Waals surface area (Å²) in [5.41, 5.74) is 0. The Kier molecular flexibility index (Phi) is 53.3. The van der Waals surface area contributed by atoms with Crippen LogP contribution in [0.25, 0.3) is 0 Å². The maximum Gasteiger partial charge on any atom is 0.306 e. The number of hydrogen-bond acceptors (Lipinski definition) is 6. The van der Waals surface area contributed by atoms with Crippen molar-refractivity contribution in [1.29, 1.82) is 0 Å². The predicted octanol–water partition coefficient (Wildman–Crippen LogP) is 19.2.